The van der Waals surface area contributed by atoms with Crippen LogP contribution in [0.25, 0.3) is 10.6 Å². The molecule has 1 heterocycles. The van der Waals surface area contributed by atoms with Crippen molar-refractivity contribution in [3.05, 3.63) is 77.3 Å². The number of hydrogen-bond donors (Lipinski definition) is 1. The highest BCUT2D eigenvalue weighted by molar-refractivity contribution is 7.13. The predicted octanol–water partition coefficient (Wildman–Crippen LogP) is 3.67. The van der Waals surface area contributed by atoms with E-state index in [1.807, 2.05) is 41.8 Å². The molecule has 0 saturated carbocycles. The first-order valence-corrected chi connectivity index (χ1v) is 9.04. The average molecular weight is 366 g/mol. The van der Waals surface area contributed by atoms with Crippen LogP contribution in [0.2, 0.25) is 0 Å². The third-order valence-corrected chi connectivity index (χ3v) is 4.61. The number of hydrogen-bond acceptors (Lipinski definition) is 5. The summed E-state index contributed by atoms with van der Waals surface area (Å²) in [5, 5.41) is 5.37. The molecule has 1 atom stereocenters. The highest BCUT2D eigenvalue weighted by atomic mass is 32.1. The molecule has 0 bridgehead atoms. The summed E-state index contributed by atoms with van der Waals surface area (Å²) in [7, 11) is 0. The molecule has 3 aromatic rings. The van der Waals surface area contributed by atoms with E-state index >= 15 is 0 Å². The van der Waals surface area contributed by atoms with Gasteiger partial charge in [0, 0.05) is 16.5 Å². The number of thiazole rings is 1. The summed E-state index contributed by atoms with van der Waals surface area (Å²) in [6.07, 6.45) is 0. The first-order chi connectivity index (χ1) is 12.6. The second kappa shape index (κ2) is 8.40. The van der Waals surface area contributed by atoms with Crippen LogP contribution in [0.3, 0.4) is 0 Å². The number of benzene rings is 2. The number of nitrogens with zero attached hydrogens (tertiary/aromatic N) is 1. The fourth-order valence-corrected chi connectivity index (χ4v) is 3.10. The molecular formula is C20H18N2O3S. The Kier molecular flexibility index (Phi) is 5.76. The Morgan fingerprint density at radius 2 is 1.73 bits per heavy atom. The maximum absolute atomic E-state index is 12.1. The Bertz CT molecular complexity index is 878. The van der Waals surface area contributed by atoms with E-state index in [1.165, 1.54) is 11.3 Å². The van der Waals surface area contributed by atoms with Crippen LogP contribution >= 0.6 is 11.3 Å². The molecule has 1 aromatic heterocycles. The minimum atomic E-state index is -0.741. The second-order valence-corrected chi connectivity index (χ2v) is 6.54. The van der Waals surface area contributed by atoms with E-state index < -0.39 is 12.0 Å². The van der Waals surface area contributed by atoms with Crippen molar-refractivity contribution >= 4 is 23.2 Å². The maximum atomic E-state index is 12.1. The van der Waals surface area contributed by atoms with Crippen LogP contribution in [0.1, 0.15) is 23.0 Å². The molecule has 26 heavy (non-hydrogen) atoms. The van der Waals surface area contributed by atoms with Crippen molar-refractivity contribution in [2.75, 3.05) is 0 Å². The van der Waals surface area contributed by atoms with Gasteiger partial charge in [-0.05, 0) is 19.1 Å². The average Bonchev–Trinajstić information content (AvgIpc) is 3.16. The zero-order valence-corrected chi connectivity index (χ0v) is 15.0. The molecule has 0 fully saturated rings. The summed E-state index contributed by atoms with van der Waals surface area (Å²) in [6, 6.07) is 17.8. The lowest BCUT2D eigenvalue weighted by atomic mass is 10.2. The van der Waals surface area contributed by atoms with Crippen molar-refractivity contribution in [3.63, 3.8) is 0 Å². The summed E-state index contributed by atoms with van der Waals surface area (Å²) in [5.74, 6) is -0.807. The summed E-state index contributed by atoms with van der Waals surface area (Å²) in [6.45, 7) is 1.67. The van der Waals surface area contributed by atoms with Crippen LogP contribution < -0.4 is 5.32 Å². The Morgan fingerprint density at radius 3 is 2.42 bits per heavy atom. The number of carbonyl (C=O) groups is 2. The summed E-state index contributed by atoms with van der Waals surface area (Å²) in [5.41, 5.74) is 2.21. The SMILES string of the molecule is C[C@H](NC(=O)c1ccccc1)C(=O)OCc1csc(-c2ccccc2)n1. The van der Waals surface area contributed by atoms with Gasteiger partial charge in [0.25, 0.3) is 5.91 Å². The molecule has 5 nitrogen and oxygen atoms in total. The van der Waals surface area contributed by atoms with Gasteiger partial charge < -0.3 is 10.1 Å². The van der Waals surface area contributed by atoms with Crippen molar-refractivity contribution in [1.29, 1.82) is 0 Å². The normalized spacial score (nSPS) is 11.6. The molecule has 3 rings (SSSR count). The van der Waals surface area contributed by atoms with Gasteiger partial charge in [-0.2, -0.15) is 0 Å². The monoisotopic (exact) mass is 366 g/mol. The van der Waals surface area contributed by atoms with Gasteiger partial charge in [0.1, 0.15) is 17.7 Å². The summed E-state index contributed by atoms with van der Waals surface area (Å²) < 4.78 is 5.27. The molecule has 0 unspecified atom stereocenters. The van der Waals surface area contributed by atoms with Crippen molar-refractivity contribution < 1.29 is 14.3 Å². The number of aromatic nitrogens is 1. The van der Waals surface area contributed by atoms with Gasteiger partial charge >= 0.3 is 5.97 Å². The third-order valence-electron chi connectivity index (χ3n) is 3.67. The van der Waals surface area contributed by atoms with E-state index in [9.17, 15) is 9.59 Å². The Morgan fingerprint density at radius 1 is 1.08 bits per heavy atom. The van der Waals surface area contributed by atoms with Gasteiger partial charge in [-0.15, -0.1) is 11.3 Å². The number of rotatable bonds is 6. The third kappa shape index (κ3) is 4.55. The van der Waals surface area contributed by atoms with Crippen LogP contribution in [0, 0.1) is 0 Å². The van der Waals surface area contributed by atoms with E-state index in [0.717, 1.165) is 10.6 Å². The lowest BCUT2D eigenvalue weighted by molar-refractivity contribution is -0.146. The molecule has 1 amide bonds. The van der Waals surface area contributed by atoms with E-state index in [2.05, 4.69) is 10.3 Å². The highest BCUT2D eigenvalue weighted by Gasteiger charge is 2.18. The van der Waals surface area contributed by atoms with Crippen LogP contribution in [0.4, 0.5) is 0 Å². The summed E-state index contributed by atoms with van der Waals surface area (Å²) >= 11 is 1.50. The molecule has 0 aliphatic heterocycles. The van der Waals surface area contributed by atoms with Crippen molar-refractivity contribution in [2.45, 2.75) is 19.6 Å². The van der Waals surface area contributed by atoms with Gasteiger partial charge in [-0.3, -0.25) is 4.79 Å². The standard InChI is InChI=1S/C20H18N2O3S/c1-14(21-18(23)15-8-4-2-5-9-15)20(24)25-12-17-13-26-19(22-17)16-10-6-3-7-11-16/h2-11,13-14H,12H2,1H3,(H,21,23)/t14-/m0/s1. The predicted molar refractivity (Wildman–Crippen MR) is 101 cm³/mol. The number of carbonyl (C=O) groups excluding carboxylic acids is 2. The van der Waals surface area contributed by atoms with Crippen molar-refractivity contribution in [1.82, 2.24) is 10.3 Å². The highest BCUT2D eigenvalue weighted by Crippen LogP contribution is 2.23. The van der Waals surface area contributed by atoms with E-state index in [-0.39, 0.29) is 12.5 Å². The van der Waals surface area contributed by atoms with Crippen LogP contribution in [0.15, 0.2) is 66.0 Å². The minimum Gasteiger partial charge on any atom is -0.458 e. The molecule has 0 radical (unpaired) electrons. The molecule has 2 aromatic carbocycles. The smallest absolute Gasteiger partial charge is 0.328 e. The van der Waals surface area contributed by atoms with E-state index in [0.29, 0.717) is 11.3 Å². The first-order valence-electron chi connectivity index (χ1n) is 8.16. The van der Waals surface area contributed by atoms with Crippen LogP contribution in [0.5, 0.6) is 0 Å². The van der Waals surface area contributed by atoms with E-state index in [4.69, 9.17) is 4.74 Å². The van der Waals surface area contributed by atoms with Crippen molar-refractivity contribution in [3.8, 4) is 10.6 Å². The largest absolute Gasteiger partial charge is 0.458 e. The fourth-order valence-electron chi connectivity index (χ4n) is 2.29. The zero-order valence-electron chi connectivity index (χ0n) is 14.2. The molecule has 0 aliphatic carbocycles. The Labute approximate surface area is 155 Å². The molecule has 132 valence electrons. The minimum absolute atomic E-state index is 0.0771. The molecule has 6 heteroatoms. The quantitative estimate of drug-likeness (QED) is 0.676. The topological polar surface area (TPSA) is 68.3 Å². The van der Waals surface area contributed by atoms with E-state index in [1.54, 1.807) is 31.2 Å². The number of amides is 1. The lowest BCUT2D eigenvalue weighted by Crippen LogP contribution is -2.39. The number of esters is 1. The van der Waals surface area contributed by atoms with Crippen LogP contribution in [-0.4, -0.2) is 22.9 Å². The van der Waals surface area contributed by atoms with Gasteiger partial charge in [0.15, 0.2) is 0 Å². The van der Waals surface area contributed by atoms with Gasteiger partial charge in [-0.25, -0.2) is 9.78 Å². The maximum Gasteiger partial charge on any atom is 0.328 e. The number of ether oxygens (including phenoxy) is 1. The lowest BCUT2D eigenvalue weighted by Gasteiger charge is -2.12. The van der Waals surface area contributed by atoms with Crippen molar-refractivity contribution in [2.24, 2.45) is 0 Å². The number of nitrogens with one attached hydrogen (secondary N) is 1. The molecular weight excluding hydrogens is 348 g/mol. The first kappa shape index (κ1) is 17.8. The molecule has 0 saturated heterocycles. The Balaban J connectivity index is 1.52. The summed E-state index contributed by atoms with van der Waals surface area (Å²) in [4.78, 5) is 28.6. The molecule has 0 aliphatic rings. The van der Waals surface area contributed by atoms with Gasteiger partial charge in [0.2, 0.25) is 0 Å². The fraction of sp³-hybridized carbons (Fsp3) is 0.150. The Hall–Kier alpha value is -2.99. The van der Waals surface area contributed by atoms with Gasteiger partial charge in [-0.1, -0.05) is 48.5 Å². The van der Waals surface area contributed by atoms with Crippen LogP contribution in [-0.2, 0) is 16.1 Å². The second-order valence-electron chi connectivity index (χ2n) is 5.68. The van der Waals surface area contributed by atoms with Gasteiger partial charge in [0.05, 0.1) is 5.69 Å². The zero-order chi connectivity index (χ0) is 18.4. The molecule has 0 spiro atoms. The molecule has 1 N–H and O–H groups in total.